The van der Waals surface area contributed by atoms with Crippen molar-refractivity contribution < 1.29 is 13.2 Å². The Balaban J connectivity index is 1.66. The van der Waals surface area contributed by atoms with E-state index in [2.05, 4.69) is 30.5 Å². The lowest BCUT2D eigenvalue weighted by atomic mass is 9.90. The van der Waals surface area contributed by atoms with E-state index in [4.69, 9.17) is 11.6 Å². The van der Waals surface area contributed by atoms with Gasteiger partial charge in [0.25, 0.3) is 0 Å². The average molecular weight is 517 g/mol. The molecule has 34 heavy (non-hydrogen) atoms. The highest BCUT2D eigenvalue weighted by atomic mass is 35.5. The van der Waals surface area contributed by atoms with E-state index in [-0.39, 0.29) is 23.4 Å². The Morgan fingerprint density at radius 2 is 1.85 bits per heavy atom. The Hall–Kier alpha value is -2.19. The molecule has 2 heterocycles. The topological polar surface area (TPSA) is 57.7 Å². The first kappa shape index (κ1) is 24.9. The van der Waals surface area contributed by atoms with Crippen molar-refractivity contribution in [1.29, 1.82) is 0 Å². The number of rotatable bonds is 8. The third-order valence-electron chi connectivity index (χ3n) is 6.29. The van der Waals surface area contributed by atoms with E-state index in [0.29, 0.717) is 24.5 Å². The summed E-state index contributed by atoms with van der Waals surface area (Å²) < 4.78 is 28.2. The molecule has 1 aliphatic rings. The number of amides is 1. The van der Waals surface area contributed by atoms with Gasteiger partial charge in [0.2, 0.25) is 15.9 Å². The van der Waals surface area contributed by atoms with Gasteiger partial charge in [0.1, 0.15) is 0 Å². The smallest absolute Gasteiger partial charge is 0.243 e. The summed E-state index contributed by atoms with van der Waals surface area (Å²) in [7, 11) is -3.83. The first-order valence-corrected chi connectivity index (χ1v) is 14.2. The Morgan fingerprint density at radius 1 is 1.12 bits per heavy atom. The first-order valence-electron chi connectivity index (χ1n) is 11.5. The van der Waals surface area contributed by atoms with Crippen LogP contribution in [0.1, 0.15) is 47.4 Å². The first-order chi connectivity index (χ1) is 16.3. The molecule has 0 fully saturated rings. The number of nitrogens with zero attached hydrogens (tertiary/aromatic N) is 2. The summed E-state index contributed by atoms with van der Waals surface area (Å²) in [4.78, 5) is 17.0. The minimum absolute atomic E-state index is 0.148. The minimum atomic E-state index is -3.83. The summed E-state index contributed by atoms with van der Waals surface area (Å²) >= 11 is 7.68. The van der Waals surface area contributed by atoms with Gasteiger partial charge in [0.05, 0.1) is 17.5 Å². The van der Waals surface area contributed by atoms with E-state index >= 15 is 0 Å². The van der Waals surface area contributed by atoms with Gasteiger partial charge in [-0.15, -0.1) is 11.3 Å². The minimum Gasteiger partial charge on any atom is -0.330 e. The highest BCUT2D eigenvalue weighted by Crippen LogP contribution is 2.39. The van der Waals surface area contributed by atoms with Crippen molar-refractivity contribution >= 4 is 38.9 Å². The van der Waals surface area contributed by atoms with E-state index < -0.39 is 10.0 Å². The van der Waals surface area contributed by atoms with E-state index in [9.17, 15) is 13.2 Å². The summed E-state index contributed by atoms with van der Waals surface area (Å²) in [6, 6.07) is 16.1. The van der Waals surface area contributed by atoms with Crippen LogP contribution in [0.15, 0.2) is 64.9 Å². The molecule has 1 amide bonds. The van der Waals surface area contributed by atoms with Gasteiger partial charge < -0.3 is 4.90 Å². The summed E-state index contributed by atoms with van der Waals surface area (Å²) in [5.41, 5.74) is 3.33. The van der Waals surface area contributed by atoms with Crippen LogP contribution in [0.25, 0.3) is 0 Å². The number of halogens is 1. The van der Waals surface area contributed by atoms with Gasteiger partial charge in [-0.25, -0.2) is 8.42 Å². The standard InChI is InChI=1S/C26H29ClN2O3S2/c1-3-4-15-28(34(31,32)21-11-9-20(27)10-12-21)18-25(30)29-16-13-24-23(14-17-33-24)26(29)22-8-6-5-7-19(22)2/h5-12,14,17,26H,3-4,13,15-16,18H2,1-2H3. The van der Waals surface area contributed by atoms with Crippen LogP contribution in [-0.2, 0) is 21.2 Å². The van der Waals surface area contributed by atoms with Gasteiger partial charge in [-0.2, -0.15) is 4.31 Å². The fraction of sp³-hybridized carbons (Fsp3) is 0.346. The number of hydrogen-bond acceptors (Lipinski definition) is 4. The number of carbonyl (C=O) groups excluding carboxylic acids is 1. The van der Waals surface area contributed by atoms with Gasteiger partial charge >= 0.3 is 0 Å². The Kier molecular flexibility index (Phi) is 7.77. The molecule has 0 radical (unpaired) electrons. The van der Waals surface area contributed by atoms with Crippen molar-refractivity contribution in [2.75, 3.05) is 19.6 Å². The lowest BCUT2D eigenvalue weighted by Crippen LogP contribution is -2.47. The molecule has 4 rings (SSSR count). The molecule has 0 saturated heterocycles. The van der Waals surface area contributed by atoms with E-state index in [1.54, 1.807) is 23.5 Å². The monoisotopic (exact) mass is 516 g/mol. The van der Waals surface area contributed by atoms with Crippen LogP contribution in [0.4, 0.5) is 0 Å². The number of aryl methyl sites for hydroxylation is 1. The molecular formula is C26H29ClN2O3S2. The molecule has 0 bridgehead atoms. The molecule has 5 nitrogen and oxygen atoms in total. The lowest BCUT2D eigenvalue weighted by molar-refractivity contribution is -0.133. The predicted molar refractivity (Wildman–Crippen MR) is 138 cm³/mol. The van der Waals surface area contributed by atoms with Crippen LogP contribution in [0.2, 0.25) is 5.02 Å². The summed E-state index contributed by atoms with van der Waals surface area (Å²) in [5.74, 6) is -0.182. The molecule has 0 N–H and O–H groups in total. The molecule has 1 aromatic heterocycles. The van der Waals surface area contributed by atoms with Gasteiger partial charge in [0.15, 0.2) is 0 Å². The van der Waals surface area contributed by atoms with Crippen molar-refractivity contribution in [2.24, 2.45) is 0 Å². The summed E-state index contributed by atoms with van der Waals surface area (Å²) in [6.07, 6.45) is 2.28. The highest BCUT2D eigenvalue weighted by molar-refractivity contribution is 7.89. The number of hydrogen-bond donors (Lipinski definition) is 0. The van der Waals surface area contributed by atoms with Crippen LogP contribution in [0.5, 0.6) is 0 Å². The van der Waals surface area contributed by atoms with E-state index in [0.717, 1.165) is 29.5 Å². The Labute approximate surface area is 211 Å². The Morgan fingerprint density at radius 3 is 2.56 bits per heavy atom. The predicted octanol–water partition coefficient (Wildman–Crippen LogP) is 5.68. The third kappa shape index (κ3) is 5.08. The number of unbranched alkanes of at least 4 members (excludes halogenated alkanes) is 1. The maximum absolute atomic E-state index is 13.7. The fourth-order valence-electron chi connectivity index (χ4n) is 4.43. The van der Waals surface area contributed by atoms with Gasteiger partial charge in [-0.05, 0) is 72.2 Å². The second kappa shape index (κ2) is 10.6. The number of sulfonamides is 1. The SMILES string of the molecule is CCCCN(CC(=O)N1CCc2sccc2C1c1ccccc1C)S(=O)(=O)c1ccc(Cl)cc1. The maximum atomic E-state index is 13.7. The zero-order valence-electron chi connectivity index (χ0n) is 19.4. The molecule has 3 aromatic rings. The molecule has 1 aliphatic heterocycles. The normalized spacial score (nSPS) is 16.0. The maximum Gasteiger partial charge on any atom is 0.243 e. The number of carbonyl (C=O) groups is 1. The number of thiophene rings is 1. The van der Waals surface area contributed by atoms with Gasteiger partial charge in [-0.3, -0.25) is 4.79 Å². The van der Waals surface area contributed by atoms with Crippen molar-refractivity contribution in [3.05, 3.63) is 86.6 Å². The molecular weight excluding hydrogens is 488 g/mol. The molecule has 0 aliphatic carbocycles. The van der Waals surface area contributed by atoms with Crippen molar-refractivity contribution in [1.82, 2.24) is 9.21 Å². The molecule has 180 valence electrons. The van der Waals surface area contributed by atoms with Crippen LogP contribution >= 0.6 is 22.9 Å². The van der Waals surface area contributed by atoms with Gasteiger partial charge in [0, 0.05) is 23.0 Å². The molecule has 8 heteroatoms. The van der Waals surface area contributed by atoms with Crippen LogP contribution in [0.3, 0.4) is 0 Å². The van der Waals surface area contributed by atoms with Crippen molar-refractivity contribution in [2.45, 2.75) is 44.0 Å². The van der Waals surface area contributed by atoms with E-state index in [1.165, 1.54) is 21.3 Å². The van der Waals surface area contributed by atoms with Crippen LogP contribution in [-0.4, -0.2) is 43.2 Å². The fourth-order valence-corrected chi connectivity index (χ4v) is 6.89. The van der Waals surface area contributed by atoms with Crippen molar-refractivity contribution in [3.8, 4) is 0 Å². The van der Waals surface area contributed by atoms with Crippen LogP contribution in [0, 0.1) is 6.92 Å². The zero-order valence-corrected chi connectivity index (χ0v) is 21.8. The largest absolute Gasteiger partial charge is 0.330 e. The lowest BCUT2D eigenvalue weighted by Gasteiger charge is -2.38. The molecule has 0 spiro atoms. The molecule has 2 aromatic carbocycles. The molecule has 0 saturated carbocycles. The van der Waals surface area contributed by atoms with E-state index in [1.807, 2.05) is 24.0 Å². The molecule has 1 atom stereocenters. The van der Waals surface area contributed by atoms with Crippen molar-refractivity contribution in [3.63, 3.8) is 0 Å². The quantitative estimate of drug-likeness (QED) is 0.387. The summed E-state index contributed by atoms with van der Waals surface area (Å²) in [5, 5.41) is 2.54. The second-order valence-electron chi connectivity index (χ2n) is 8.54. The summed E-state index contributed by atoms with van der Waals surface area (Å²) in [6.45, 7) is 4.73. The second-order valence-corrected chi connectivity index (χ2v) is 11.9. The number of fused-ring (bicyclic) bond motifs is 1. The molecule has 1 unspecified atom stereocenters. The average Bonchev–Trinajstić information content (AvgIpc) is 3.30. The van der Waals surface area contributed by atoms with Gasteiger partial charge in [-0.1, -0.05) is 49.2 Å². The highest BCUT2D eigenvalue weighted by Gasteiger charge is 2.36. The Bertz CT molecular complexity index is 1260. The zero-order chi connectivity index (χ0) is 24.3. The van der Waals surface area contributed by atoms with Crippen LogP contribution < -0.4 is 0 Å². The number of benzene rings is 2. The third-order valence-corrected chi connectivity index (χ3v) is 9.40.